The maximum atomic E-state index is 13.6. The van der Waals surface area contributed by atoms with E-state index in [1.165, 1.54) is 40.9 Å². The fourth-order valence-electron chi connectivity index (χ4n) is 3.79. The number of nitrogens with zero attached hydrogens (tertiary/aromatic N) is 2. The number of Topliss-reactive ketones (excluding diaryl/α,β-unsaturated/α-hetero) is 1. The van der Waals surface area contributed by atoms with E-state index in [4.69, 9.17) is 16.6 Å². The first-order valence-electron chi connectivity index (χ1n) is 9.76. The van der Waals surface area contributed by atoms with Crippen molar-refractivity contribution >= 4 is 50.7 Å². The highest BCUT2D eigenvalue weighted by Crippen LogP contribution is 2.36. The van der Waals surface area contributed by atoms with Crippen LogP contribution in [0, 0.1) is 5.82 Å². The summed E-state index contributed by atoms with van der Waals surface area (Å²) in [5, 5.41) is 1.71. The molecule has 0 aliphatic heterocycles. The van der Waals surface area contributed by atoms with E-state index in [1.807, 2.05) is 0 Å². The summed E-state index contributed by atoms with van der Waals surface area (Å²) in [6.07, 6.45) is 2.92. The second-order valence-corrected chi connectivity index (χ2v) is 9.73. The van der Waals surface area contributed by atoms with Gasteiger partial charge in [-0.15, -0.1) is 11.3 Å². The maximum Gasteiger partial charge on any atom is 0.267 e. The van der Waals surface area contributed by atoms with Gasteiger partial charge in [0.2, 0.25) is 0 Å². The van der Waals surface area contributed by atoms with Crippen LogP contribution in [0.25, 0.3) is 15.9 Å². The summed E-state index contributed by atoms with van der Waals surface area (Å²) in [4.78, 5) is 32.9. The van der Waals surface area contributed by atoms with Gasteiger partial charge in [0.15, 0.2) is 10.9 Å². The van der Waals surface area contributed by atoms with E-state index >= 15 is 0 Å². The van der Waals surface area contributed by atoms with Crippen molar-refractivity contribution in [2.24, 2.45) is 0 Å². The molecule has 0 amide bonds. The summed E-state index contributed by atoms with van der Waals surface area (Å²) in [6.45, 7) is 0. The van der Waals surface area contributed by atoms with Gasteiger partial charge in [-0.2, -0.15) is 0 Å². The van der Waals surface area contributed by atoms with Crippen LogP contribution in [0.5, 0.6) is 0 Å². The number of aryl methyl sites for hydroxylation is 2. The lowest BCUT2D eigenvalue weighted by molar-refractivity contribution is 0.102. The molecule has 0 bridgehead atoms. The van der Waals surface area contributed by atoms with E-state index in [1.54, 1.807) is 40.2 Å². The molecule has 0 saturated carbocycles. The number of thiophene rings is 1. The third-order valence-corrected chi connectivity index (χ3v) is 7.67. The van der Waals surface area contributed by atoms with Gasteiger partial charge in [-0.1, -0.05) is 23.4 Å². The lowest BCUT2D eigenvalue weighted by Gasteiger charge is -2.12. The van der Waals surface area contributed by atoms with Crippen LogP contribution in [0.2, 0.25) is 5.02 Å². The number of carbonyl (C=O) groups is 1. The van der Waals surface area contributed by atoms with Crippen molar-refractivity contribution in [3.05, 3.63) is 85.7 Å². The quantitative estimate of drug-likeness (QED) is 0.213. The van der Waals surface area contributed by atoms with Gasteiger partial charge in [0.25, 0.3) is 5.56 Å². The van der Waals surface area contributed by atoms with Crippen LogP contribution in [-0.4, -0.2) is 21.1 Å². The number of rotatable bonds is 5. The highest BCUT2D eigenvalue weighted by molar-refractivity contribution is 7.99. The fourth-order valence-corrected chi connectivity index (χ4v) is 6.12. The third-order valence-electron chi connectivity index (χ3n) is 5.29. The van der Waals surface area contributed by atoms with Crippen LogP contribution in [0.4, 0.5) is 4.39 Å². The van der Waals surface area contributed by atoms with Gasteiger partial charge >= 0.3 is 0 Å². The Morgan fingerprint density at radius 1 is 1.13 bits per heavy atom. The molecule has 1 aliphatic rings. The lowest BCUT2D eigenvalue weighted by Crippen LogP contribution is -2.22. The topological polar surface area (TPSA) is 52.0 Å². The Morgan fingerprint density at radius 3 is 2.61 bits per heavy atom. The number of ketones is 1. The molecule has 31 heavy (non-hydrogen) atoms. The van der Waals surface area contributed by atoms with Crippen LogP contribution in [-0.2, 0) is 12.8 Å². The number of halogens is 2. The number of aromatic nitrogens is 2. The van der Waals surface area contributed by atoms with Crippen LogP contribution < -0.4 is 5.56 Å². The van der Waals surface area contributed by atoms with Gasteiger partial charge in [-0.25, -0.2) is 9.37 Å². The molecule has 0 N–H and O–H groups in total. The van der Waals surface area contributed by atoms with Crippen molar-refractivity contribution in [1.82, 2.24) is 9.55 Å². The minimum atomic E-state index is -0.390. The Hall–Kier alpha value is -2.48. The molecule has 5 rings (SSSR count). The summed E-state index contributed by atoms with van der Waals surface area (Å²) in [5.74, 6) is -0.461. The number of fused-ring (bicyclic) bond motifs is 3. The summed E-state index contributed by atoms with van der Waals surface area (Å²) in [6, 6.07) is 12.5. The van der Waals surface area contributed by atoms with Crippen LogP contribution in [0.1, 0.15) is 27.2 Å². The van der Waals surface area contributed by atoms with Crippen molar-refractivity contribution in [2.75, 3.05) is 5.75 Å². The second kappa shape index (κ2) is 8.22. The average molecular weight is 471 g/mol. The Balaban J connectivity index is 1.58. The molecule has 156 valence electrons. The number of carbonyl (C=O) groups excluding carboxylic acids is 1. The minimum absolute atomic E-state index is 0.0856. The molecule has 0 atom stereocenters. The average Bonchev–Trinajstić information content (AvgIpc) is 3.34. The zero-order valence-corrected chi connectivity index (χ0v) is 18.6. The molecular formula is C23H16ClFN2O2S2. The van der Waals surface area contributed by atoms with Gasteiger partial charge in [-0.05, 0) is 73.4 Å². The van der Waals surface area contributed by atoms with E-state index in [2.05, 4.69) is 0 Å². The van der Waals surface area contributed by atoms with E-state index < -0.39 is 5.82 Å². The molecule has 1 aliphatic carbocycles. The molecule has 8 heteroatoms. The van der Waals surface area contributed by atoms with Crippen molar-refractivity contribution in [2.45, 2.75) is 24.4 Å². The Kier molecular flexibility index (Phi) is 5.42. The molecule has 0 spiro atoms. The normalized spacial score (nSPS) is 13.0. The summed E-state index contributed by atoms with van der Waals surface area (Å²) >= 11 is 8.81. The molecule has 0 radical (unpaired) electrons. The summed E-state index contributed by atoms with van der Waals surface area (Å²) in [7, 11) is 0. The fraction of sp³-hybridized carbons (Fsp3) is 0.174. The van der Waals surface area contributed by atoms with Crippen LogP contribution >= 0.6 is 34.7 Å². The van der Waals surface area contributed by atoms with Gasteiger partial charge in [-0.3, -0.25) is 14.2 Å². The van der Waals surface area contributed by atoms with E-state index in [-0.39, 0.29) is 17.1 Å². The monoisotopic (exact) mass is 470 g/mol. The molecule has 0 unspecified atom stereocenters. The molecule has 0 saturated heterocycles. The van der Waals surface area contributed by atoms with Crippen molar-refractivity contribution in [1.29, 1.82) is 0 Å². The molecule has 2 aromatic heterocycles. The highest BCUT2D eigenvalue weighted by atomic mass is 35.5. The third kappa shape index (κ3) is 3.82. The maximum absolute atomic E-state index is 13.6. The van der Waals surface area contributed by atoms with Gasteiger partial charge in [0.05, 0.1) is 16.8 Å². The van der Waals surface area contributed by atoms with Gasteiger partial charge in [0, 0.05) is 15.5 Å². The number of benzene rings is 2. The number of thioether (sulfide) groups is 1. The Labute approximate surface area is 190 Å². The molecule has 4 aromatic rings. The molecule has 0 fully saturated rings. The highest BCUT2D eigenvalue weighted by Gasteiger charge is 2.24. The van der Waals surface area contributed by atoms with Crippen molar-refractivity contribution < 1.29 is 9.18 Å². The minimum Gasteiger partial charge on any atom is -0.293 e. The number of hydrogen-bond acceptors (Lipinski definition) is 5. The van der Waals surface area contributed by atoms with Crippen molar-refractivity contribution in [3.8, 4) is 5.69 Å². The standard InChI is InChI=1S/C23H16ClFN2O2S2/c24-14-6-10-16(11-7-14)27-22(29)20-17-2-1-3-19(17)31-21(20)26-23(27)30-12-18(28)13-4-8-15(25)9-5-13/h4-11H,1-3,12H2. The SMILES string of the molecule is O=C(CSc1nc2sc3c(c2c(=O)n1-c1ccc(Cl)cc1)CCC3)c1ccc(F)cc1. The Bertz CT molecular complexity index is 1360. The number of hydrogen-bond donors (Lipinski definition) is 0. The molecular weight excluding hydrogens is 455 g/mol. The largest absolute Gasteiger partial charge is 0.293 e. The predicted octanol–water partition coefficient (Wildman–Crippen LogP) is 5.70. The van der Waals surface area contributed by atoms with E-state index in [0.717, 1.165) is 29.7 Å². The first kappa shape index (κ1) is 20.4. The first-order valence-corrected chi connectivity index (χ1v) is 11.9. The second-order valence-electron chi connectivity index (χ2n) is 7.27. The van der Waals surface area contributed by atoms with E-state index in [0.29, 0.717) is 26.8 Å². The Morgan fingerprint density at radius 2 is 1.87 bits per heavy atom. The first-order chi connectivity index (χ1) is 15.0. The van der Waals surface area contributed by atoms with Gasteiger partial charge < -0.3 is 0 Å². The summed E-state index contributed by atoms with van der Waals surface area (Å²) < 4.78 is 14.7. The molecule has 2 heterocycles. The molecule has 2 aromatic carbocycles. The van der Waals surface area contributed by atoms with Gasteiger partial charge in [0.1, 0.15) is 10.6 Å². The lowest BCUT2D eigenvalue weighted by atomic mass is 10.1. The smallest absolute Gasteiger partial charge is 0.267 e. The van der Waals surface area contributed by atoms with E-state index in [9.17, 15) is 14.0 Å². The van der Waals surface area contributed by atoms with Crippen molar-refractivity contribution in [3.63, 3.8) is 0 Å². The van der Waals surface area contributed by atoms with Crippen LogP contribution in [0.3, 0.4) is 0 Å². The predicted molar refractivity (Wildman–Crippen MR) is 124 cm³/mol. The van der Waals surface area contributed by atoms with Crippen LogP contribution in [0.15, 0.2) is 58.5 Å². The zero-order valence-electron chi connectivity index (χ0n) is 16.2. The zero-order chi connectivity index (χ0) is 21.5. The molecule has 4 nitrogen and oxygen atoms in total. The summed E-state index contributed by atoms with van der Waals surface area (Å²) in [5.41, 5.74) is 2.06.